The first-order valence-corrected chi connectivity index (χ1v) is 5.37. The van der Waals surface area contributed by atoms with Crippen LogP contribution in [0, 0.1) is 0 Å². The summed E-state index contributed by atoms with van der Waals surface area (Å²) in [7, 11) is 0. The van der Waals surface area contributed by atoms with E-state index >= 15 is 0 Å². The molecule has 0 amide bonds. The molecular weight excluding hydrogens is 252 g/mol. The van der Waals surface area contributed by atoms with E-state index in [-0.39, 0.29) is 0 Å². The van der Waals surface area contributed by atoms with Gasteiger partial charge < -0.3 is 0 Å². The van der Waals surface area contributed by atoms with Gasteiger partial charge in [0.25, 0.3) is 0 Å². The van der Waals surface area contributed by atoms with E-state index in [0.29, 0.717) is 15.1 Å². The van der Waals surface area contributed by atoms with Crippen molar-refractivity contribution in [1.82, 2.24) is 4.98 Å². The highest BCUT2D eigenvalue weighted by Gasteiger charge is 2.02. The van der Waals surface area contributed by atoms with Crippen LogP contribution in [0.15, 0.2) is 36.5 Å². The predicted molar refractivity (Wildman–Crippen MR) is 64.7 cm³/mol. The Morgan fingerprint density at radius 3 is 2.27 bits per heavy atom. The number of halogens is 3. The maximum Gasteiger partial charge on any atom is 0.0703 e. The van der Waals surface area contributed by atoms with E-state index in [1.165, 1.54) is 0 Å². The molecule has 0 fully saturated rings. The Kier molecular flexibility index (Phi) is 3.15. The molecule has 0 unspecified atom stereocenters. The van der Waals surface area contributed by atoms with Gasteiger partial charge in [-0.2, -0.15) is 0 Å². The van der Waals surface area contributed by atoms with E-state index in [2.05, 4.69) is 4.98 Å². The summed E-state index contributed by atoms with van der Waals surface area (Å²) in [6.07, 6.45) is 1.60. The molecule has 4 heteroatoms. The molecule has 0 spiro atoms. The predicted octanol–water partition coefficient (Wildman–Crippen LogP) is 4.71. The lowest BCUT2D eigenvalue weighted by Gasteiger charge is -2.02. The Morgan fingerprint density at radius 1 is 0.867 bits per heavy atom. The lowest BCUT2D eigenvalue weighted by molar-refractivity contribution is 1.33. The van der Waals surface area contributed by atoms with Gasteiger partial charge in [-0.1, -0.05) is 40.9 Å². The van der Waals surface area contributed by atoms with Gasteiger partial charge in [-0.15, -0.1) is 0 Å². The average Bonchev–Trinajstić information content (AvgIpc) is 2.23. The fourth-order valence-electron chi connectivity index (χ4n) is 1.20. The van der Waals surface area contributed by atoms with E-state index in [4.69, 9.17) is 34.8 Å². The van der Waals surface area contributed by atoms with E-state index < -0.39 is 0 Å². The van der Waals surface area contributed by atoms with Crippen molar-refractivity contribution in [3.63, 3.8) is 0 Å². The Balaban J connectivity index is 2.45. The van der Waals surface area contributed by atoms with Crippen molar-refractivity contribution in [1.29, 1.82) is 0 Å². The third-order valence-electron chi connectivity index (χ3n) is 1.94. The zero-order chi connectivity index (χ0) is 10.8. The van der Waals surface area contributed by atoms with Gasteiger partial charge in [-0.3, -0.25) is 4.98 Å². The highest BCUT2D eigenvalue weighted by Crippen LogP contribution is 2.27. The molecule has 1 heterocycles. The summed E-state index contributed by atoms with van der Waals surface area (Å²) in [4.78, 5) is 4.19. The van der Waals surface area contributed by atoms with Gasteiger partial charge in [-0.25, -0.2) is 0 Å². The van der Waals surface area contributed by atoms with Crippen LogP contribution in [0.2, 0.25) is 15.1 Å². The molecule has 2 rings (SSSR count). The second kappa shape index (κ2) is 4.40. The molecule has 1 nitrogen and oxygen atoms in total. The van der Waals surface area contributed by atoms with Crippen LogP contribution in [-0.2, 0) is 0 Å². The molecular formula is C11H6Cl3N. The fourth-order valence-corrected chi connectivity index (χ4v) is 1.61. The Morgan fingerprint density at radius 2 is 1.67 bits per heavy atom. The van der Waals surface area contributed by atoms with Crippen LogP contribution in [0.25, 0.3) is 11.3 Å². The maximum atomic E-state index is 5.91. The third kappa shape index (κ3) is 2.43. The Labute approximate surface area is 103 Å². The van der Waals surface area contributed by atoms with Gasteiger partial charge in [0.1, 0.15) is 0 Å². The minimum absolute atomic E-state index is 0.519. The van der Waals surface area contributed by atoms with Crippen molar-refractivity contribution in [2.75, 3.05) is 0 Å². The minimum Gasteiger partial charge on any atom is -0.255 e. The minimum atomic E-state index is 0.519. The van der Waals surface area contributed by atoms with Crippen molar-refractivity contribution < 1.29 is 0 Å². The first-order chi connectivity index (χ1) is 7.16. The highest BCUT2D eigenvalue weighted by atomic mass is 35.5. The Bertz CT molecular complexity index is 480. The summed E-state index contributed by atoms with van der Waals surface area (Å²) in [5, 5.41) is 1.67. The van der Waals surface area contributed by atoms with Crippen LogP contribution in [0.1, 0.15) is 0 Å². The van der Waals surface area contributed by atoms with Crippen molar-refractivity contribution in [3.8, 4) is 11.3 Å². The maximum absolute atomic E-state index is 5.91. The molecule has 0 bridgehead atoms. The topological polar surface area (TPSA) is 12.9 Å². The second-order valence-electron chi connectivity index (χ2n) is 2.99. The van der Waals surface area contributed by atoms with Crippen molar-refractivity contribution in [2.24, 2.45) is 0 Å². The van der Waals surface area contributed by atoms with Crippen LogP contribution in [0.4, 0.5) is 0 Å². The first-order valence-electron chi connectivity index (χ1n) is 4.24. The quantitative estimate of drug-likeness (QED) is 0.722. The lowest BCUT2D eigenvalue weighted by atomic mass is 10.1. The highest BCUT2D eigenvalue weighted by molar-refractivity contribution is 6.42. The van der Waals surface area contributed by atoms with Gasteiger partial charge in [0.2, 0.25) is 0 Å². The second-order valence-corrected chi connectivity index (χ2v) is 4.24. The Hall–Kier alpha value is -0.760. The monoisotopic (exact) mass is 257 g/mol. The van der Waals surface area contributed by atoms with Crippen LogP contribution in [0.3, 0.4) is 0 Å². The van der Waals surface area contributed by atoms with E-state index in [1.807, 2.05) is 12.1 Å². The molecule has 0 saturated heterocycles. The molecule has 0 aliphatic carbocycles. The zero-order valence-electron chi connectivity index (χ0n) is 7.55. The van der Waals surface area contributed by atoms with E-state index in [9.17, 15) is 0 Å². The fraction of sp³-hybridized carbons (Fsp3) is 0. The lowest BCUT2D eigenvalue weighted by Crippen LogP contribution is -1.82. The summed E-state index contributed by atoms with van der Waals surface area (Å²) in [5.41, 5.74) is 1.74. The molecule has 1 aromatic carbocycles. The third-order valence-corrected chi connectivity index (χ3v) is 2.91. The molecule has 1 aromatic heterocycles. The van der Waals surface area contributed by atoms with Crippen molar-refractivity contribution >= 4 is 34.8 Å². The standard InChI is InChI=1S/C11H6Cl3N/c12-8-2-4-11(15-6-8)7-1-3-9(13)10(14)5-7/h1-6H. The molecule has 0 saturated carbocycles. The van der Waals surface area contributed by atoms with Crippen molar-refractivity contribution in [2.45, 2.75) is 0 Å². The molecule has 0 aliphatic heterocycles. The summed E-state index contributed by atoms with van der Waals surface area (Å²) in [6, 6.07) is 9.01. The van der Waals surface area contributed by atoms with Gasteiger partial charge >= 0.3 is 0 Å². The molecule has 0 atom stereocenters. The van der Waals surface area contributed by atoms with Crippen LogP contribution < -0.4 is 0 Å². The van der Waals surface area contributed by atoms with E-state index in [1.54, 1.807) is 24.4 Å². The van der Waals surface area contributed by atoms with Crippen molar-refractivity contribution in [3.05, 3.63) is 51.6 Å². The van der Waals surface area contributed by atoms with Crippen LogP contribution >= 0.6 is 34.8 Å². The largest absolute Gasteiger partial charge is 0.255 e. The summed E-state index contributed by atoms with van der Waals surface area (Å²) >= 11 is 17.5. The van der Waals surface area contributed by atoms with E-state index in [0.717, 1.165) is 11.3 Å². The number of nitrogens with zero attached hydrogens (tertiary/aromatic N) is 1. The SMILES string of the molecule is Clc1ccc(-c2ccc(Cl)c(Cl)c2)nc1. The number of aromatic nitrogens is 1. The van der Waals surface area contributed by atoms with Crippen LogP contribution in [0.5, 0.6) is 0 Å². The number of hydrogen-bond acceptors (Lipinski definition) is 1. The number of pyridine rings is 1. The summed E-state index contributed by atoms with van der Waals surface area (Å²) in [5.74, 6) is 0. The molecule has 2 aromatic rings. The molecule has 0 radical (unpaired) electrons. The number of rotatable bonds is 1. The smallest absolute Gasteiger partial charge is 0.0703 e. The normalized spacial score (nSPS) is 10.3. The number of hydrogen-bond donors (Lipinski definition) is 0. The zero-order valence-corrected chi connectivity index (χ0v) is 9.81. The molecule has 0 N–H and O–H groups in total. The van der Waals surface area contributed by atoms with Gasteiger partial charge in [0, 0.05) is 11.8 Å². The first kappa shape index (κ1) is 10.7. The van der Waals surface area contributed by atoms with Gasteiger partial charge in [0.15, 0.2) is 0 Å². The summed E-state index contributed by atoms with van der Waals surface area (Å²) < 4.78 is 0. The molecule has 15 heavy (non-hydrogen) atoms. The molecule has 0 aliphatic rings. The average molecular weight is 259 g/mol. The summed E-state index contributed by atoms with van der Waals surface area (Å²) in [6.45, 7) is 0. The number of benzene rings is 1. The van der Waals surface area contributed by atoms with Gasteiger partial charge in [-0.05, 0) is 24.3 Å². The van der Waals surface area contributed by atoms with Crippen LogP contribution in [-0.4, -0.2) is 4.98 Å². The molecule has 76 valence electrons. The van der Waals surface area contributed by atoms with Gasteiger partial charge in [0.05, 0.1) is 20.8 Å².